The normalized spacial score (nSPS) is 40.4. The molecule has 0 amide bonds. The number of piperazine rings is 1. The van der Waals surface area contributed by atoms with Gasteiger partial charge in [-0.3, -0.25) is 4.90 Å². The van der Waals surface area contributed by atoms with Crippen molar-refractivity contribution in [2.75, 3.05) is 13.1 Å². The predicted molar refractivity (Wildman–Crippen MR) is 74.3 cm³/mol. The van der Waals surface area contributed by atoms with E-state index < -0.39 is 0 Å². The summed E-state index contributed by atoms with van der Waals surface area (Å²) in [6, 6.07) is 2.34. The molecule has 0 spiro atoms. The molecule has 2 rings (SSSR count). The third kappa shape index (κ3) is 3.03. The first kappa shape index (κ1) is 13.4. The van der Waals surface area contributed by atoms with Crippen molar-refractivity contribution in [1.82, 2.24) is 10.2 Å². The fourth-order valence-corrected chi connectivity index (χ4v) is 3.87. The molecule has 2 nitrogen and oxygen atoms in total. The van der Waals surface area contributed by atoms with Crippen LogP contribution in [0.25, 0.3) is 0 Å². The highest BCUT2D eigenvalue weighted by molar-refractivity contribution is 4.91. The van der Waals surface area contributed by atoms with Crippen LogP contribution < -0.4 is 5.32 Å². The Labute approximate surface area is 107 Å². The highest BCUT2D eigenvalue weighted by Crippen LogP contribution is 2.33. The molecule has 4 unspecified atom stereocenters. The first-order valence-electron chi connectivity index (χ1n) is 7.75. The van der Waals surface area contributed by atoms with E-state index in [2.05, 4.69) is 31.0 Å². The first-order valence-corrected chi connectivity index (χ1v) is 7.75. The van der Waals surface area contributed by atoms with E-state index in [0.29, 0.717) is 6.04 Å². The highest BCUT2D eigenvalue weighted by atomic mass is 15.3. The molecule has 1 heterocycles. The van der Waals surface area contributed by atoms with Gasteiger partial charge in [0, 0.05) is 31.2 Å². The van der Waals surface area contributed by atoms with Crippen molar-refractivity contribution in [2.24, 2.45) is 5.92 Å². The van der Waals surface area contributed by atoms with E-state index in [1.807, 2.05) is 0 Å². The average Bonchev–Trinajstić information content (AvgIpc) is 2.38. The van der Waals surface area contributed by atoms with Crippen molar-refractivity contribution in [3.63, 3.8) is 0 Å². The largest absolute Gasteiger partial charge is 0.311 e. The molecule has 100 valence electrons. The molecule has 0 aromatic heterocycles. The Morgan fingerprint density at radius 3 is 2.59 bits per heavy atom. The maximum atomic E-state index is 3.64. The lowest BCUT2D eigenvalue weighted by atomic mass is 9.80. The predicted octanol–water partition coefficient (Wildman–Crippen LogP) is 3.03. The molecule has 4 atom stereocenters. The van der Waals surface area contributed by atoms with Gasteiger partial charge in [-0.2, -0.15) is 0 Å². The summed E-state index contributed by atoms with van der Waals surface area (Å²) < 4.78 is 0. The fraction of sp³-hybridized carbons (Fsp3) is 1.00. The minimum Gasteiger partial charge on any atom is -0.311 e. The van der Waals surface area contributed by atoms with Crippen LogP contribution in [0, 0.1) is 5.92 Å². The zero-order valence-corrected chi connectivity index (χ0v) is 11.9. The van der Waals surface area contributed by atoms with Crippen molar-refractivity contribution in [1.29, 1.82) is 0 Å². The zero-order valence-electron chi connectivity index (χ0n) is 11.9. The molecule has 0 aromatic rings. The van der Waals surface area contributed by atoms with E-state index in [0.717, 1.165) is 18.0 Å². The third-order valence-electron chi connectivity index (χ3n) is 4.95. The molecular formula is C15H30N2. The lowest BCUT2D eigenvalue weighted by Crippen LogP contribution is -2.60. The van der Waals surface area contributed by atoms with Crippen LogP contribution in [-0.4, -0.2) is 36.1 Å². The van der Waals surface area contributed by atoms with Crippen LogP contribution in [0.15, 0.2) is 0 Å². The van der Waals surface area contributed by atoms with Crippen molar-refractivity contribution >= 4 is 0 Å². The minimum absolute atomic E-state index is 0.678. The summed E-state index contributed by atoms with van der Waals surface area (Å²) in [5, 5.41) is 3.64. The van der Waals surface area contributed by atoms with Crippen LogP contribution in [0.3, 0.4) is 0 Å². The lowest BCUT2D eigenvalue weighted by Gasteiger charge is -2.48. The van der Waals surface area contributed by atoms with Crippen LogP contribution in [0.2, 0.25) is 0 Å². The van der Waals surface area contributed by atoms with Gasteiger partial charge in [-0.05, 0) is 32.1 Å². The van der Waals surface area contributed by atoms with Gasteiger partial charge in [0.1, 0.15) is 0 Å². The second-order valence-corrected chi connectivity index (χ2v) is 6.09. The van der Waals surface area contributed by atoms with Crippen molar-refractivity contribution in [2.45, 2.75) is 77.4 Å². The van der Waals surface area contributed by atoms with Crippen LogP contribution in [0.5, 0.6) is 0 Å². The third-order valence-corrected chi connectivity index (χ3v) is 4.95. The molecule has 2 fully saturated rings. The Morgan fingerprint density at radius 2 is 1.88 bits per heavy atom. The summed E-state index contributed by atoms with van der Waals surface area (Å²) in [5.74, 6) is 0.961. The lowest BCUT2D eigenvalue weighted by molar-refractivity contribution is 0.0301. The van der Waals surface area contributed by atoms with E-state index in [9.17, 15) is 0 Å². The topological polar surface area (TPSA) is 15.3 Å². The molecular weight excluding hydrogens is 208 g/mol. The van der Waals surface area contributed by atoms with Crippen LogP contribution in [0.4, 0.5) is 0 Å². The Morgan fingerprint density at radius 1 is 1.12 bits per heavy atom. The Hall–Kier alpha value is -0.0800. The number of hydrogen-bond acceptors (Lipinski definition) is 2. The molecule has 1 aliphatic carbocycles. The van der Waals surface area contributed by atoms with Gasteiger partial charge in [-0.1, -0.05) is 33.1 Å². The van der Waals surface area contributed by atoms with Gasteiger partial charge in [0.25, 0.3) is 0 Å². The molecule has 17 heavy (non-hydrogen) atoms. The standard InChI is InChI=1S/C15H30N2/c1-4-13-8-6-7-9-15(13)17-11-12(3)16-10-14(17)5-2/h12-16H,4-11H2,1-3H3. The average molecular weight is 238 g/mol. The molecule has 0 bridgehead atoms. The summed E-state index contributed by atoms with van der Waals surface area (Å²) in [5.41, 5.74) is 0. The van der Waals surface area contributed by atoms with Crippen LogP contribution in [-0.2, 0) is 0 Å². The smallest absolute Gasteiger partial charge is 0.0221 e. The summed E-state index contributed by atoms with van der Waals surface area (Å²) >= 11 is 0. The summed E-state index contributed by atoms with van der Waals surface area (Å²) in [6.45, 7) is 9.53. The van der Waals surface area contributed by atoms with Crippen molar-refractivity contribution in [3.8, 4) is 0 Å². The second kappa shape index (κ2) is 6.19. The number of nitrogens with zero attached hydrogens (tertiary/aromatic N) is 1. The van der Waals surface area contributed by atoms with E-state index in [-0.39, 0.29) is 0 Å². The SMILES string of the molecule is CCC1CCCCC1N1CC(C)NCC1CC. The van der Waals surface area contributed by atoms with Crippen LogP contribution >= 0.6 is 0 Å². The molecule has 1 N–H and O–H groups in total. The minimum atomic E-state index is 0.678. The van der Waals surface area contributed by atoms with Gasteiger partial charge in [-0.15, -0.1) is 0 Å². The molecule has 0 aromatic carbocycles. The van der Waals surface area contributed by atoms with Gasteiger partial charge in [0.15, 0.2) is 0 Å². The van der Waals surface area contributed by atoms with Crippen molar-refractivity contribution in [3.05, 3.63) is 0 Å². The van der Waals surface area contributed by atoms with Gasteiger partial charge in [-0.25, -0.2) is 0 Å². The zero-order chi connectivity index (χ0) is 12.3. The monoisotopic (exact) mass is 238 g/mol. The van der Waals surface area contributed by atoms with Gasteiger partial charge in [0.05, 0.1) is 0 Å². The molecule has 1 aliphatic heterocycles. The summed E-state index contributed by atoms with van der Waals surface area (Å²) in [6.07, 6.45) is 8.51. The first-order chi connectivity index (χ1) is 8.26. The molecule has 0 radical (unpaired) electrons. The molecule has 2 heteroatoms. The van der Waals surface area contributed by atoms with Crippen molar-refractivity contribution < 1.29 is 0 Å². The Balaban J connectivity index is 2.05. The quantitative estimate of drug-likeness (QED) is 0.813. The van der Waals surface area contributed by atoms with E-state index in [1.165, 1.54) is 51.6 Å². The van der Waals surface area contributed by atoms with Crippen LogP contribution in [0.1, 0.15) is 59.3 Å². The molecule has 1 saturated heterocycles. The Bertz CT molecular complexity index is 229. The maximum Gasteiger partial charge on any atom is 0.0221 e. The number of rotatable bonds is 3. The Kier molecular flexibility index (Phi) is 4.87. The number of nitrogens with one attached hydrogen (secondary N) is 1. The molecule has 1 saturated carbocycles. The highest BCUT2D eigenvalue weighted by Gasteiger charge is 2.35. The summed E-state index contributed by atoms with van der Waals surface area (Å²) in [7, 11) is 0. The number of hydrogen-bond donors (Lipinski definition) is 1. The van der Waals surface area contributed by atoms with E-state index in [1.54, 1.807) is 0 Å². The van der Waals surface area contributed by atoms with E-state index >= 15 is 0 Å². The van der Waals surface area contributed by atoms with E-state index in [4.69, 9.17) is 0 Å². The maximum absolute atomic E-state index is 3.64. The molecule has 2 aliphatic rings. The van der Waals surface area contributed by atoms with Gasteiger partial charge >= 0.3 is 0 Å². The van der Waals surface area contributed by atoms with Gasteiger partial charge < -0.3 is 5.32 Å². The summed E-state index contributed by atoms with van der Waals surface area (Å²) in [4.78, 5) is 2.86. The van der Waals surface area contributed by atoms with Gasteiger partial charge in [0.2, 0.25) is 0 Å². The second-order valence-electron chi connectivity index (χ2n) is 6.09. The fourth-order valence-electron chi connectivity index (χ4n) is 3.87.